The van der Waals surface area contributed by atoms with E-state index in [1.54, 1.807) is 0 Å². The topological polar surface area (TPSA) is 37.4 Å². The number of imide groups is 1. The van der Waals surface area contributed by atoms with E-state index in [0.717, 1.165) is 19.3 Å². The largest absolute Gasteiger partial charge is 0.282 e. The first kappa shape index (κ1) is 11.2. The van der Waals surface area contributed by atoms with Crippen molar-refractivity contribution < 1.29 is 9.59 Å². The van der Waals surface area contributed by atoms with Crippen molar-refractivity contribution in [2.75, 3.05) is 6.54 Å². The highest BCUT2D eigenvalue weighted by atomic mass is 16.2. The SMILES string of the molecule is CCN1C(=O)CCC(CC)(CC)C1=O. The maximum atomic E-state index is 12.1. The van der Waals surface area contributed by atoms with Gasteiger partial charge in [0, 0.05) is 18.4 Å². The first-order valence-electron chi connectivity index (χ1n) is 5.46. The average Bonchev–Trinajstić information content (AvgIpc) is 2.20. The van der Waals surface area contributed by atoms with Crippen LogP contribution >= 0.6 is 0 Å². The molecule has 3 heteroatoms. The van der Waals surface area contributed by atoms with E-state index in [1.807, 2.05) is 20.8 Å². The predicted molar refractivity (Wildman–Crippen MR) is 54.6 cm³/mol. The lowest BCUT2D eigenvalue weighted by Gasteiger charge is -2.39. The Morgan fingerprint density at radius 3 is 2.21 bits per heavy atom. The van der Waals surface area contributed by atoms with E-state index in [9.17, 15) is 9.59 Å². The molecule has 0 radical (unpaired) electrons. The second-order valence-corrected chi connectivity index (χ2v) is 3.93. The summed E-state index contributed by atoms with van der Waals surface area (Å²) in [6.45, 7) is 6.44. The fourth-order valence-corrected chi connectivity index (χ4v) is 2.21. The molecule has 14 heavy (non-hydrogen) atoms. The van der Waals surface area contributed by atoms with Gasteiger partial charge in [-0.05, 0) is 26.2 Å². The highest BCUT2D eigenvalue weighted by Gasteiger charge is 2.43. The highest BCUT2D eigenvalue weighted by Crippen LogP contribution is 2.37. The van der Waals surface area contributed by atoms with Gasteiger partial charge in [0.15, 0.2) is 0 Å². The second kappa shape index (κ2) is 4.11. The normalized spacial score (nSPS) is 21.5. The lowest BCUT2D eigenvalue weighted by atomic mass is 9.74. The summed E-state index contributed by atoms with van der Waals surface area (Å²) in [6, 6.07) is 0. The lowest BCUT2D eigenvalue weighted by Crippen LogP contribution is -2.50. The molecule has 0 N–H and O–H groups in total. The number of rotatable bonds is 3. The maximum Gasteiger partial charge on any atom is 0.235 e. The van der Waals surface area contributed by atoms with Crippen LogP contribution in [0.5, 0.6) is 0 Å². The molecule has 1 rings (SSSR count). The van der Waals surface area contributed by atoms with Crippen molar-refractivity contribution in [2.45, 2.75) is 46.5 Å². The molecule has 0 spiro atoms. The Kier molecular flexibility index (Phi) is 3.29. The van der Waals surface area contributed by atoms with E-state index in [0.29, 0.717) is 13.0 Å². The van der Waals surface area contributed by atoms with Crippen molar-refractivity contribution in [2.24, 2.45) is 5.41 Å². The van der Waals surface area contributed by atoms with E-state index in [4.69, 9.17) is 0 Å². The van der Waals surface area contributed by atoms with Gasteiger partial charge in [-0.1, -0.05) is 13.8 Å². The number of amides is 2. The van der Waals surface area contributed by atoms with Crippen LogP contribution in [0, 0.1) is 5.41 Å². The quantitative estimate of drug-likeness (QED) is 0.648. The van der Waals surface area contributed by atoms with Gasteiger partial charge in [-0.15, -0.1) is 0 Å². The van der Waals surface area contributed by atoms with E-state index in [1.165, 1.54) is 4.90 Å². The average molecular weight is 197 g/mol. The first-order valence-corrected chi connectivity index (χ1v) is 5.46. The van der Waals surface area contributed by atoms with E-state index >= 15 is 0 Å². The van der Waals surface area contributed by atoms with Gasteiger partial charge in [-0.2, -0.15) is 0 Å². The Bertz CT molecular complexity index is 244. The van der Waals surface area contributed by atoms with Crippen LogP contribution in [0.4, 0.5) is 0 Å². The number of carbonyl (C=O) groups excluding carboxylic acids is 2. The molecular formula is C11H19NO2. The van der Waals surface area contributed by atoms with Crippen LogP contribution in [-0.2, 0) is 9.59 Å². The zero-order valence-corrected chi connectivity index (χ0v) is 9.30. The molecule has 1 aliphatic heterocycles. The van der Waals surface area contributed by atoms with Crippen molar-refractivity contribution in [3.63, 3.8) is 0 Å². The molecule has 0 aromatic carbocycles. The summed E-state index contributed by atoms with van der Waals surface area (Å²) in [5.41, 5.74) is -0.260. The molecule has 0 aromatic heterocycles. The van der Waals surface area contributed by atoms with Crippen LogP contribution in [0.15, 0.2) is 0 Å². The van der Waals surface area contributed by atoms with Crippen molar-refractivity contribution in [3.8, 4) is 0 Å². The molecule has 0 atom stereocenters. The van der Waals surface area contributed by atoms with Crippen LogP contribution in [0.1, 0.15) is 46.5 Å². The Hall–Kier alpha value is -0.860. The van der Waals surface area contributed by atoms with Gasteiger partial charge in [0.25, 0.3) is 0 Å². The van der Waals surface area contributed by atoms with Crippen molar-refractivity contribution in [3.05, 3.63) is 0 Å². The molecule has 1 heterocycles. The van der Waals surface area contributed by atoms with Gasteiger partial charge >= 0.3 is 0 Å². The van der Waals surface area contributed by atoms with Gasteiger partial charge < -0.3 is 0 Å². The van der Waals surface area contributed by atoms with Crippen LogP contribution in [0.25, 0.3) is 0 Å². The molecule has 0 aliphatic carbocycles. The summed E-state index contributed by atoms with van der Waals surface area (Å²) < 4.78 is 0. The fraction of sp³-hybridized carbons (Fsp3) is 0.818. The lowest BCUT2D eigenvalue weighted by molar-refractivity contribution is -0.157. The molecule has 0 aromatic rings. The second-order valence-electron chi connectivity index (χ2n) is 3.93. The molecule has 0 bridgehead atoms. The minimum atomic E-state index is -0.260. The summed E-state index contributed by atoms with van der Waals surface area (Å²) in [6.07, 6.45) is 2.94. The summed E-state index contributed by atoms with van der Waals surface area (Å²) in [5.74, 6) is 0.0382. The third kappa shape index (κ3) is 1.56. The Morgan fingerprint density at radius 1 is 1.21 bits per heavy atom. The van der Waals surface area contributed by atoms with Crippen molar-refractivity contribution in [1.82, 2.24) is 4.90 Å². The number of hydrogen-bond donors (Lipinski definition) is 0. The zero-order valence-electron chi connectivity index (χ0n) is 9.30. The number of likely N-dealkylation sites (tertiary alicyclic amines) is 1. The summed E-state index contributed by atoms with van der Waals surface area (Å²) in [4.78, 5) is 24.9. The van der Waals surface area contributed by atoms with Gasteiger partial charge in [-0.3, -0.25) is 14.5 Å². The van der Waals surface area contributed by atoms with Crippen LogP contribution in [-0.4, -0.2) is 23.3 Å². The standard InChI is InChI=1S/C11H19NO2/c1-4-11(5-2)8-7-9(13)12(6-3)10(11)14/h4-8H2,1-3H3. The number of hydrogen-bond acceptors (Lipinski definition) is 2. The van der Waals surface area contributed by atoms with Crippen LogP contribution in [0.2, 0.25) is 0 Å². The number of nitrogens with zero attached hydrogens (tertiary/aromatic N) is 1. The third-order valence-electron chi connectivity index (χ3n) is 3.49. The van der Waals surface area contributed by atoms with Crippen molar-refractivity contribution in [1.29, 1.82) is 0 Å². The minimum Gasteiger partial charge on any atom is -0.282 e. The van der Waals surface area contributed by atoms with Gasteiger partial charge in [0.2, 0.25) is 11.8 Å². The molecule has 0 saturated carbocycles. The molecule has 1 aliphatic rings. The molecule has 1 saturated heterocycles. The number of piperidine rings is 1. The van der Waals surface area contributed by atoms with Gasteiger partial charge in [0.05, 0.1) is 0 Å². The van der Waals surface area contributed by atoms with E-state index in [2.05, 4.69) is 0 Å². The molecule has 3 nitrogen and oxygen atoms in total. The van der Waals surface area contributed by atoms with Crippen LogP contribution in [0.3, 0.4) is 0 Å². The van der Waals surface area contributed by atoms with Gasteiger partial charge in [0.1, 0.15) is 0 Å². The minimum absolute atomic E-state index is 0.00461. The number of carbonyl (C=O) groups is 2. The summed E-state index contributed by atoms with van der Waals surface area (Å²) in [5, 5.41) is 0. The predicted octanol–water partition coefficient (Wildman–Crippen LogP) is 1.96. The van der Waals surface area contributed by atoms with E-state index in [-0.39, 0.29) is 17.2 Å². The molecule has 0 unspecified atom stereocenters. The zero-order chi connectivity index (χ0) is 10.8. The van der Waals surface area contributed by atoms with Crippen molar-refractivity contribution >= 4 is 11.8 Å². The van der Waals surface area contributed by atoms with Crippen LogP contribution < -0.4 is 0 Å². The maximum absolute atomic E-state index is 12.1. The monoisotopic (exact) mass is 197 g/mol. The summed E-state index contributed by atoms with van der Waals surface area (Å²) >= 11 is 0. The molecule has 2 amide bonds. The molecular weight excluding hydrogens is 178 g/mol. The van der Waals surface area contributed by atoms with E-state index < -0.39 is 0 Å². The summed E-state index contributed by atoms with van der Waals surface area (Å²) in [7, 11) is 0. The highest BCUT2D eigenvalue weighted by molar-refractivity contribution is 6.00. The van der Waals surface area contributed by atoms with Gasteiger partial charge in [-0.25, -0.2) is 0 Å². The Morgan fingerprint density at radius 2 is 1.79 bits per heavy atom. The fourth-order valence-electron chi connectivity index (χ4n) is 2.21. The Balaban J connectivity index is 2.93. The third-order valence-corrected chi connectivity index (χ3v) is 3.49. The molecule has 1 fully saturated rings. The Labute approximate surface area is 85.5 Å². The first-order chi connectivity index (χ1) is 6.61. The smallest absolute Gasteiger partial charge is 0.235 e. The molecule has 80 valence electrons.